The van der Waals surface area contributed by atoms with Crippen LogP contribution in [0.1, 0.15) is 32.4 Å². The summed E-state index contributed by atoms with van der Waals surface area (Å²) in [6, 6.07) is 19.8. The van der Waals surface area contributed by atoms with E-state index in [4.69, 9.17) is 9.47 Å². The summed E-state index contributed by atoms with van der Waals surface area (Å²) in [6.07, 6.45) is 1.97. The molecule has 1 saturated heterocycles. The van der Waals surface area contributed by atoms with Gasteiger partial charge >= 0.3 is 6.09 Å². The van der Waals surface area contributed by atoms with Crippen molar-refractivity contribution in [2.24, 2.45) is 23.2 Å². The highest BCUT2D eigenvalue weighted by atomic mass is 16.6. The zero-order valence-corrected chi connectivity index (χ0v) is 17.3. The van der Waals surface area contributed by atoms with E-state index in [-0.39, 0.29) is 23.4 Å². The van der Waals surface area contributed by atoms with Gasteiger partial charge in [-0.25, -0.2) is 4.79 Å². The van der Waals surface area contributed by atoms with Crippen molar-refractivity contribution in [2.75, 3.05) is 18.5 Å². The van der Waals surface area contributed by atoms with Crippen LogP contribution in [0.2, 0.25) is 0 Å². The van der Waals surface area contributed by atoms with Gasteiger partial charge in [-0.2, -0.15) is 0 Å². The lowest BCUT2D eigenvalue weighted by Gasteiger charge is -2.55. The van der Waals surface area contributed by atoms with Crippen LogP contribution in [0.5, 0.6) is 0 Å². The molecule has 2 aromatic rings. The van der Waals surface area contributed by atoms with Crippen LogP contribution in [0.15, 0.2) is 72.3 Å². The molecule has 4 rings (SSSR count). The fraction of sp³-hybridized carbons (Fsp3) is 0.400. The van der Waals surface area contributed by atoms with Crippen LogP contribution in [-0.4, -0.2) is 19.3 Å². The van der Waals surface area contributed by atoms with Crippen molar-refractivity contribution in [1.82, 2.24) is 0 Å². The van der Waals surface area contributed by atoms with Gasteiger partial charge in [0.05, 0.1) is 12.7 Å². The number of allylic oxidation sites excluding steroid dienone is 1. The fourth-order valence-corrected chi connectivity index (χ4v) is 5.08. The van der Waals surface area contributed by atoms with Crippen molar-refractivity contribution in [3.05, 3.63) is 77.9 Å². The highest BCUT2D eigenvalue weighted by molar-refractivity contribution is 5.84. The second kappa shape index (κ2) is 8.03. The summed E-state index contributed by atoms with van der Waals surface area (Å²) in [4.78, 5) is 12.4. The van der Waals surface area contributed by atoms with Gasteiger partial charge in [0, 0.05) is 17.0 Å². The number of amides is 1. The van der Waals surface area contributed by atoms with E-state index in [0.717, 1.165) is 5.69 Å². The zero-order chi connectivity index (χ0) is 20.4. The largest absolute Gasteiger partial charge is 0.449 e. The maximum Gasteiger partial charge on any atom is 0.411 e. The number of fused-ring (bicyclic) bond motifs is 2. The predicted molar refractivity (Wildman–Crippen MR) is 115 cm³/mol. The first-order valence-corrected chi connectivity index (χ1v) is 10.3. The van der Waals surface area contributed by atoms with E-state index in [1.807, 2.05) is 36.4 Å². The molecule has 29 heavy (non-hydrogen) atoms. The van der Waals surface area contributed by atoms with Gasteiger partial charge in [-0.3, -0.25) is 5.32 Å². The van der Waals surface area contributed by atoms with Crippen LogP contribution < -0.4 is 5.32 Å². The smallest absolute Gasteiger partial charge is 0.411 e. The molecule has 1 aliphatic heterocycles. The van der Waals surface area contributed by atoms with Crippen LogP contribution in [0.3, 0.4) is 0 Å². The molecular weight excluding hydrogens is 362 g/mol. The molecule has 2 aromatic carbocycles. The highest BCUT2D eigenvalue weighted by Crippen LogP contribution is 2.56. The molecule has 1 N–H and O–H groups in total. The minimum Gasteiger partial charge on any atom is -0.449 e. The normalized spacial score (nSPS) is 30.9. The quantitative estimate of drug-likeness (QED) is 0.666. The number of hydrogen-bond donors (Lipinski definition) is 1. The summed E-state index contributed by atoms with van der Waals surface area (Å²) in [5.74, 6) is 0.893. The number of benzene rings is 2. The van der Waals surface area contributed by atoms with E-state index in [9.17, 15) is 4.79 Å². The second-order valence-corrected chi connectivity index (χ2v) is 8.46. The van der Waals surface area contributed by atoms with Crippen molar-refractivity contribution in [3.8, 4) is 0 Å². The number of anilines is 1. The zero-order valence-electron chi connectivity index (χ0n) is 17.3. The Labute approximate surface area is 172 Å². The van der Waals surface area contributed by atoms with Gasteiger partial charge < -0.3 is 9.47 Å². The molecule has 1 aliphatic carbocycles. The summed E-state index contributed by atoms with van der Waals surface area (Å²) >= 11 is 0. The highest BCUT2D eigenvalue weighted by Gasteiger charge is 2.54. The minimum absolute atomic E-state index is 0.0428. The Morgan fingerprint density at radius 1 is 1.10 bits per heavy atom. The summed E-state index contributed by atoms with van der Waals surface area (Å²) in [5, 5.41) is 2.81. The van der Waals surface area contributed by atoms with Gasteiger partial charge in [-0.05, 0) is 36.5 Å². The van der Waals surface area contributed by atoms with Gasteiger partial charge in [0.25, 0.3) is 0 Å². The number of rotatable bonds is 4. The fourth-order valence-electron chi connectivity index (χ4n) is 5.08. The standard InChI is InChI=1S/C25H29NO3/c1-17-14-18(2)25(16-29-24(27)26-21-12-8-5-9-13-21)15-28-23(22(17)19(25)3)20-10-6-4-7-11-20/h4-14,18-19,22-23H,15-16H2,1-3H3,(H,26,27)/t18-,19+,22+,23+,25-/m0/s1. The number of carbonyl (C=O) groups is 1. The van der Waals surface area contributed by atoms with Crippen molar-refractivity contribution in [3.63, 3.8) is 0 Å². The lowest BCUT2D eigenvalue weighted by atomic mass is 9.56. The van der Waals surface area contributed by atoms with E-state index in [1.54, 1.807) is 0 Å². The van der Waals surface area contributed by atoms with Crippen LogP contribution in [-0.2, 0) is 9.47 Å². The van der Waals surface area contributed by atoms with Crippen LogP contribution in [0, 0.1) is 23.2 Å². The molecule has 0 spiro atoms. The third kappa shape index (κ3) is 3.69. The van der Waals surface area contributed by atoms with Gasteiger partial charge in [-0.1, -0.05) is 74.0 Å². The number of carbonyl (C=O) groups excluding carboxylic acids is 1. The summed E-state index contributed by atoms with van der Waals surface area (Å²) in [5.41, 5.74) is 3.09. The average molecular weight is 392 g/mol. The first-order chi connectivity index (χ1) is 14.0. The number of ether oxygens (including phenoxy) is 2. The Kier molecular flexibility index (Phi) is 5.46. The Bertz CT molecular complexity index is 879. The van der Waals surface area contributed by atoms with E-state index in [2.05, 4.69) is 56.4 Å². The molecular formula is C25H29NO3. The number of hydrogen-bond acceptors (Lipinski definition) is 3. The number of para-hydroxylation sites is 1. The molecule has 2 aliphatic rings. The van der Waals surface area contributed by atoms with Crippen LogP contribution >= 0.6 is 0 Å². The van der Waals surface area contributed by atoms with E-state index in [1.165, 1.54) is 11.1 Å². The molecule has 1 amide bonds. The molecule has 152 valence electrons. The molecule has 0 radical (unpaired) electrons. The van der Waals surface area contributed by atoms with Crippen molar-refractivity contribution >= 4 is 11.8 Å². The van der Waals surface area contributed by atoms with E-state index >= 15 is 0 Å². The lowest BCUT2D eigenvalue weighted by molar-refractivity contribution is -0.165. The molecule has 0 unspecified atom stereocenters. The lowest BCUT2D eigenvalue weighted by Crippen LogP contribution is -2.54. The molecule has 5 atom stereocenters. The SMILES string of the molecule is CC1=C[C@H](C)[C@@]2(COC(=O)Nc3ccccc3)CO[C@H](c3ccccc3)[C@H]1[C@H]2C. The summed E-state index contributed by atoms with van der Waals surface area (Å²) in [7, 11) is 0. The minimum atomic E-state index is -0.419. The second-order valence-electron chi connectivity index (χ2n) is 8.46. The van der Waals surface area contributed by atoms with Crippen molar-refractivity contribution in [2.45, 2.75) is 26.9 Å². The van der Waals surface area contributed by atoms with Crippen molar-refractivity contribution in [1.29, 1.82) is 0 Å². The summed E-state index contributed by atoms with van der Waals surface area (Å²) < 4.78 is 12.2. The van der Waals surface area contributed by atoms with Gasteiger partial charge in [-0.15, -0.1) is 0 Å². The molecule has 1 heterocycles. The maximum absolute atomic E-state index is 12.4. The van der Waals surface area contributed by atoms with Gasteiger partial charge in [0.1, 0.15) is 6.61 Å². The molecule has 2 bridgehead atoms. The van der Waals surface area contributed by atoms with Crippen LogP contribution in [0.4, 0.5) is 10.5 Å². The van der Waals surface area contributed by atoms with E-state index in [0.29, 0.717) is 19.1 Å². The van der Waals surface area contributed by atoms with Gasteiger partial charge in [0.2, 0.25) is 0 Å². The molecule has 0 aromatic heterocycles. The van der Waals surface area contributed by atoms with Crippen LogP contribution in [0.25, 0.3) is 0 Å². The topological polar surface area (TPSA) is 47.6 Å². The molecule has 4 nitrogen and oxygen atoms in total. The third-order valence-electron chi connectivity index (χ3n) is 6.87. The Balaban J connectivity index is 1.52. The van der Waals surface area contributed by atoms with Crippen molar-refractivity contribution < 1.29 is 14.3 Å². The monoisotopic (exact) mass is 391 g/mol. The third-order valence-corrected chi connectivity index (χ3v) is 6.87. The Hall–Kier alpha value is -2.59. The first-order valence-electron chi connectivity index (χ1n) is 10.3. The predicted octanol–water partition coefficient (Wildman–Crippen LogP) is 5.84. The maximum atomic E-state index is 12.4. The first kappa shape index (κ1) is 19.7. The molecule has 0 saturated carbocycles. The molecule has 4 heteroatoms. The summed E-state index contributed by atoms with van der Waals surface area (Å²) in [6.45, 7) is 7.62. The van der Waals surface area contributed by atoms with Gasteiger partial charge in [0.15, 0.2) is 0 Å². The number of nitrogens with one attached hydrogen (secondary N) is 1. The Morgan fingerprint density at radius 2 is 1.76 bits per heavy atom. The Morgan fingerprint density at radius 3 is 2.45 bits per heavy atom. The average Bonchev–Trinajstić information content (AvgIpc) is 2.73. The molecule has 1 fully saturated rings. The van der Waals surface area contributed by atoms with E-state index < -0.39 is 6.09 Å².